The molecule has 1 aliphatic heterocycles. The Bertz CT molecular complexity index is 618. The van der Waals surface area contributed by atoms with Gasteiger partial charge in [0.2, 0.25) is 0 Å². The highest BCUT2D eigenvalue weighted by atomic mass is 16.6. The zero-order valence-electron chi connectivity index (χ0n) is 13.4. The van der Waals surface area contributed by atoms with Crippen molar-refractivity contribution in [3.63, 3.8) is 0 Å². The largest absolute Gasteiger partial charge is 0.511 e. The van der Waals surface area contributed by atoms with Crippen molar-refractivity contribution in [1.29, 1.82) is 0 Å². The summed E-state index contributed by atoms with van der Waals surface area (Å²) in [4.78, 5) is 11.1. The van der Waals surface area contributed by atoms with Gasteiger partial charge in [-0.15, -0.1) is 0 Å². The number of ether oxygens (including phenoxy) is 1. The molecule has 4 heteroatoms. The van der Waals surface area contributed by atoms with Crippen LogP contribution in [-0.2, 0) is 10.2 Å². The van der Waals surface area contributed by atoms with E-state index in [0.717, 1.165) is 6.42 Å². The Hall–Kier alpha value is -2.17. The van der Waals surface area contributed by atoms with Crippen molar-refractivity contribution in [2.45, 2.75) is 30.9 Å². The summed E-state index contributed by atoms with van der Waals surface area (Å²) >= 11 is 0. The van der Waals surface area contributed by atoms with E-state index in [1.54, 1.807) is 0 Å². The van der Waals surface area contributed by atoms with Crippen molar-refractivity contribution in [3.8, 4) is 0 Å². The summed E-state index contributed by atoms with van der Waals surface area (Å²) in [7, 11) is 0. The van der Waals surface area contributed by atoms with Crippen molar-refractivity contribution in [1.82, 2.24) is 5.32 Å². The average molecular weight is 311 g/mol. The van der Waals surface area contributed by atoms with Gasteiger partial charge in [-0.2, -0.15) is 4.79 Å². The second kappa shape index (κ2) is 6.52. The van der Waals surface area contributed by atoms with Gasteiger partial charge in [-0.3, -0.25) is 5.73 Å². The van der Waals surface area contributed by atoms with Crippen LogP contribution in [0.3, 0.4) is 0 Å². The quantitative estimate of drug-likeness (QED) is 0.909. The van der Waals surface area contributed by atoms with E-state index in [1.807, 2.05) is 12.1 Å². The van der Waals surface area contributed by atoms with E-state index in [2.05, 4.69) is 66.5 Å². The Labute approximate surface area is 136 Å². The second-order valence-corrected chi connectivity index (χ2v) is 6.24. The van der Waals surface area contributed by atoms with E-state index in [4.69, 9.17) is 4.74 Å². The Kier molecular flexibility index (Phi) is 4.46. The third-order valence-corrected chi connectivity index (χ3v) is 4.83. The molecule has 1 fully saturated rings. The maximum absolute atomic E-state index is 11.1. The van der Waals surface area contributed by atoms with Gasteiger partial charge in [-0.05, 0) is 18.1 Å². The molecule has 0 aliphatic carbocycles. The predicted molar refractivity (Wildman–Crippen MR) is 88.9 cm³/mol. The minimum Gasteiger partial charge on any atom is -0.416 e. The van der Waals surface area contributed by atoms with E-state index < -0.39 is 6.09 Å². The van der Waals surface area contributed by atoms with Crippen molar-refractivity contribution in [2.75, 3.05) is 6.54 Å². The van der Waals surface area contributed by atoms with Gasteiger partial charge in [0.1, 0.15) is 6.10 Å². The van der Waals surface area contributed by atoms with Crippen LogP contribution in [0.25, 0.3) is 0 Å². The highest BCUT2D eigenvalue weighted by molar-refractivity contribution is 5.54. The van der Waals surface area contributed by atoms with Crippen LogP contribution in [0.5, 0.6) is 0 Å². The molecular formula is C19H23N2O2+. The molecule has 0 radical (unpaired) electrons. The van der Waals surface area contributed by atoms with E-state index in [0.29, 0.717) is 6.54 Å². The molecule has 2 atom stereocenters. The molecule has 2 aromatic rings. The standard InChI is InChI=1S/C19H22N2O2/c1-19(14-8-4-2-5-9-14,15-10-6-3-7-11-15)17-12-16(13-21-17)23-18(20)22/h2-11,16-17,21H,12-13H2,1H3,(H2,20,22)/p+1. The minimum absolute atomic E-state index is 0.114. The van der Waals surface area contributed by atoms with E-state index in [9.17, 15) is 4.79 Å². The van der Waals surface area contributed by atoms with Crippen LogP contribution in [0.4, 0.5) is 4.79 Å². The molecule has 0 aromatic heterocycles. The zero-order chi connectivity index (χ0) is 16.3. The summed E-state index contributed by atoms with van der Waals surface area (Å²) in [6.45, 7) is 2.92. The average Bonchev–Trinajstić information content (AvgIpc) is 3.04. The first-order valence-corrected chi connectivity index (χ1v) is 7.97. The summed E-state index contributed by atoms with van der Waals surface area (Å²) in [5, 5.41) is 3.54. The Morgan fingerprint density at radius 1 is 1.09 bits per heavy atom. The van der Waals surface area contributed by atoms with Crippen molar-refractivity contribution >= 4 is 6.09 Å². The number of carbonyl (C=O) groups excluding carboxylic acids is 1. The van der Waals surface area contributed by atoms with Gasteiger partial charge in [0, 0.05) is 24.4 Å². The first-order valence-electron chi connectivity index (χ1n) is 7.97. The van der Waals surface area contributed by atoms with Gasteiger partial charge in [-0.25, -0.2) is 0 Å². The number of amides is 1. The lowest BCUT2D eigenvalue weighted by atomic mass is 9.70. The summed E-state index contributed by atoms with van der Waals surface area (Å²) in [5.41, 5.74) is 5.64. The first kappa shape index (κ1) is 15.7. The topological polar surface area (TPSA) is 66.0 Å². The molecule has 1 saturated heterocycles. The predicted octanol–water partition coefficient (Wildman–Crippen LogP) is 2.10. The lowest BCUT2D eigenvalue weighted by Gasteiger charge is -2.37. The van der Waals surface area contributed by atoms with Crippen LogP contribution in [0, 0.1) is 0 Å². The lowest BCUT2D eigenvalue weighted by Crippen LogP contribution is -2.58. The number of nitrogens with one attached hydrogen (secondary N) is 1. The summed E-state index contributed by atoms with van der Waals surface area (Å²) in [5.74, 6) is 0. The molecule has 0 spiro atoms. The number of benzene rings is 2. The highest BCUT2D eigenvalue weighted by Crippen LogP contribution is 2.38. The third-order valence-electron chi connectivity index (χ3n) is 4.83. The third kappa shape index (κ3) is 3.14. The molecule has 23 heavy (non-hydrogen) atoms. The van der Waals surface area contributed by atoms with Gasteiger partial charge >= 0.3 is 6.09 Å². The van der Waals surface area contributed by atoms with Crippen LogP contribution < -0.4 is 11.1 Å². The van der Waals surface area contributed by atoms with E-state index in [1.165, 1.54) is 11.1 Å². The molecule has 2 unspecified atom stereocenters. The molecular weight excluding hydrogens is 288 g/mol. The minimum atomic E-state index is -0.460. The van der Waals surface area contributed by atoms with Gasteiger partial charge in [0.15, 0.2) is 0 Å². The highest BCUT2D eigenvalue weighted by Gasteiger charge is 2.42. The fraction of sp³-hybridized carbons (Fsp3) is 0.316. The number of hydrogen-bond acceptors (Lipinski definition) is 3. The number of rotatable bonds is 4. The molecule has 4 nitrogen and oxygen atoms in total. The molecule has 3 rings (SSSR count). The van der Waals surface area contributed by atoms with Crippen molar-refractivity contribution in [2.24, 2.45) is 0 Å². The summed E-state index contributed by atoms with van der Waals surface area (Å²) < 4.78 is 5.30. The van der Waals surface area contributed by atoms with Crippen LogP contribution in [0.1, 0.15) is 24.5 Å². The fourth-order valence-electron chi connectivity index (χ4n) is 3.56. The van der Waals surface area contributed by atoms with Gasteiger partial charge in [0.25, 0.3) is 0 Å². The molecule has 1 amide bonds. The number of hydrogen-bond donors (Lipinski definition) is 2. The van der Waals surface area contributed by atoms with Gasteiger partial charge in [-0.1, -0.05) is 60.7 Å². The first-order chi connectivity index (χ1) is 11.1. The van der Waals surface area contributed by atoms with Gasteiger partial charge in [0.05, 0.1) is 0 Å². The SMILES string of the molecule is CC(c1ccccc1)(c1ccccc1)C1CC(OC([NH3+])=O)CN1. The van der Waals surface area contributed by atoms with Crippen LogP contribution in [0.15, 0.2) is 60.7 Å². The molecule has 2 aromatic carbocycles. The normalized spacial score (nSPS) is 21.1. The Balaban J connectivity index is 1.96. The summed E-state index contributed by atoms with van der Waals surface area (Å²) in [6, 6.07) is 21.2. The van der Waals surface area contributed by atoms with Crippen LogP contribution in [-0.4, -0.2) is 24.8 Å². The molecule has 0 saturated carbocycles. The van der Waals surface area contributed by atoms with Gasteiger partial charge < -0.3 is 10.1 Å². The Morgan fingerprint density at radius 2 is 1.61 bits per heavy atom. The number of quaternary nitrogens is 1. The maximum Gasteiger partial charge on any atom is 0.511 e. The van der Waals surface area contributed by atoms with Crippen LogP contribution >= 0.6 is 0 Å². The molecule has 120 valence electrons. The van der Waals surface area contributed by atoms with E-state index in [-0.39, 0.29) is 17.6 Å². The summed E-state index contributed by atoms with van der Waals surface area (Å²) in [6.07, 6.45) is 0.206. The van der Waals surface area contributed by atoms with Crippen LogP contribution in [0.2, 0.25) is 0 Å². The van der Waals surface area contributed by atoms with Crippen molar-refractivity contribution < 1.29 is 15.3 Å². The smallest absolute Gasteiger partial charge is 0.416 e. The monoisotopic (exact) mass is 311 g/mol. The maximum atomic E-state index is 11.1. The lowest BCUT2D eigenvalue weighted by molar-refractivity contribution is -0.286. The molecule has 1 aliphatic rings. The number of carbonyl (C=O) groups is 1. The molecule has 4 N–H and O–H groups in total. The van der Waals surface area contributed by atoms with Crippen molar-refractivity contribution in [3.05, 3.63) is 71.8 Å². The Morgan fingerprint density at radius 3 is 2.09 bits per heavy atom. The second-order valence-electron chi connectivity index (χ2n) is 6.24. The van der Waals surface area contributed by atoms with E-state index >= 15 is 0 Å². The fourth-order valence-corrected chi connectivity index (χ4v) is 3.56. The zero-order valence-corrected chi connectivity index (χ0v) is 13.4. The molecule has 1 heterocycles. The molecule has 0 bridgehead atoms.